The number of pyridine rings is 1. The lowest BCUT2D eigenvalue weighted by Gasteiger charge is -2.07. The molecule has 0 atom stereocenters. The number of amides is 1. The van der Waals surface area contributed by atoms with Crippen LogP contribution in [-0.4, -0.2) is 33.9 Å². The van der Waals surface area contributed by atoms with Gasteiger partial charge in [0.1, 0.15) is 11.5 Å². The molecule has 0 fully saturated rings. The Morgan fingerprint density at radius 3 is 2.81 bits per heavy atom. The Kier molecular flexibility index (Phi) is 5.20. The van der Waals surface area contributed by atoms with Gasteiger partial charge >= 0.3 is 0 Å². The fourth-order valence-electron chi connectivity index (χ4n) is 1.91. The van der Waals surface area contributed by atoms with Crippen LogP contribution in [0.4, 0.5) is 5.69 Å². The fourth-order valence-corrected chi connectivity index (χ4v) is 1.91. The summed E-state index contributed by atoms with van der Waals surface area (Å²) in [5.74, 6) is 0.448. The zero-order chi connectivity index (χ0) is 15.1. The molecule has 21 heavy (non-hydrogen) atoms. The van der Waals surface area contributed by atoms with Crippen molar-refractivity contribution in [3.05, 3.63) is 47.8 Å². The Morgan fingerprint density at radius 2 is 2.10 bits per heavy atom. The Labute approximate surface area is 124 Å². The standard InChI is InChI=1S/C15H19N5O/c1-11-9-14(20-12(2)19-11)15(21)18-8-4-7-17-13-5-3-6-16-10-13/h3,5-6,9-10,17H,4,7-8H2,1-2H3,(H,18,21). The molecular formula is C15H19N5O. The van der Waals surface area contributed by atoms with Crippen molar-refractivity contribution in [2.75, 3.05) is 18.4 Å². The predicted octanol–water partition coefficient (Wildman–Crippen LogP) is 1.72. The van der Waals surface area contributed by atoms with Crippen LogP contribution in [0.1, 0.15) is 28.4 Å². The molecule has 2 N–H and O–H groups in total. The summed E-state index contributed by atoms with van der Waals surface area (Å²) in [6.07, 6.45) is 4.33. The largest absolute Gasteiger partial charge is 0.384 e. The first-order valence-electron chi connectivity index (χ1n) is 6.89. The van der Waals surface area contributed by atoms with Gasteiger partial charge in [0.15, 0.2) is 0 Å². The number of nitrogens with zero attached hydrogens (tertiary/aromatic N) is 3. The SMILES string of the molecule is Cc1cc(C(=O)NCCCNc2cccnc2)nc(C)n1. The zero-order valence-electron chi connectivity index (χ0n) is 12.3. The Morgan fingerprint density at radius 1 is 1.24 bits per heavy atom. The van der Waals surface area contributed by atoms with E-state index in [1.165, 1.54) is 0 Å². The van der Waals surface area contributed by atoms with E-state index in [4.69, 9.17) is 0 Å². The summed E-state index contributed by atoms with van der Waals surface area (Å²) in [4.78, 5) is 24.3. The van der Waals surface area contributed by atoms with Gasteiger partial charge in [-0.2, -0.15) is 0 Å². The van der Waals surface area contributed by atoms with Crippen molar-refractivity contribution in [3.8, 4) is 0 Å². The summed E-state index contributed by atoms with van der Waals surface area (Å²) in [5.41, 5.74) is 2.19. The molecule has 6 nitrogen and oxygen atoms in total. The average molecular weight is 285 g/mol. The van der Waals surface area contributed by atoms with Crippen LogP contribution in [-0.2, 0) is 0 Å². The average Bonchev–Trinajstić information content (AvgIpc) is 2.47. The van der Waals surface area contributed by atoms with E-state index in [2.05, 4.69) is 25.6 Å². The molecule has 0 aromatic carbocycles. The molecule has 2 aromatic rings. The van der Waals surface area contributed by atoms with Gasteiger partial charge in [-0.15, -0.1) is 0 Å². The second-order valence-corrected chi connectivity index (χ2v) is 4.72. The van der Waals surface area contributed by atoms with Gasteiger partial charge in [-0.25, -0.2) is 9.97 Å². The van der Waals surface area contributed by atoms with Crippen molar-refractivity contribution >= 4 is 11.6 Å². The zero-order valence-corrected chi connectivity index (χ0v) is 12.3. The lowest BCUT2D eigenvalue weighted by Crippen LogP contribution is -2.27. The number of aryl methyl sites for hydroxylation is 2. The molecule has 0 bridgehead atoms. The van der Waals surface area contributed by atoms with Crippen LogP contribution in [0, 0.1) is 13.8 Å². The predicted molar refractivity (Wildman–Crippen MR) is 81.2 cm³/mol. The number of carbonyl (C=O) groups is 1. The van der Waals surface area contributed by atoms with Crippen LogP contribution in [0.15, 0.2) is 30.6 Å². The Hall–Kier alpha value is -2.50. The maximum Gasteiger partial charge on any atom is 0.270 e. The minimum Gasteiger partial charge on any atom is -0.384 e. The van der Waals surface area contributed by atoms with Crippen molar-refractivity contribution in [1.82, 2.24) is 20.3 Å². The van der Waals surface area contributed by atoms with E-state index < -0.39 is 0 Å². The number of hydrogen-bond acceptors (Lipinski definition) is 5. The van der Waals surface area contributed by atoms with E-state index in [0.29, 0.717) is 18.1 Å². The van der Waals surface area contributed by atoms with Gasteiger partial charge in [0.2, 0.25) is 0 Å². The van der Waals surface area contributed by atoms with Crippen LogP contribution in [0.25, 0.3) is 0 Å². The minimum atomic E-state index is -0.162. The highest BCUT2D eigenvalue weighted by Gasteiger charge is 2.08. The molecule has 1 amide bonds. The third-order valence-corrected chi connectivity index (χ3v) is 2.83. The summed E-state index contributed by atoms with van der Waals surface area (Å²) in [6.45, 7) is 4.99. The number of aromatic nitrogens is 3. The van der Waals surface area contributed by atoms with Gasteiger partial charge in [0, 0.05) is 31.2 Å². The molecule has 0 aliphatic carbocycles. The van der Waals surface area contributed by atoms with Gasteiger partial charge in [-0.05, 0) is 38.5 Å². The molecule has 0 spiro atoms. The van der Waals surface area contributed by atoms with E-state index in [-0.39, 0.29) is 5.91 Å². The van der Waals surface area contributed by atoms with E-state index in [1.54, 1.807) is 25.4 Å². The summed E-state index contributed by atoms with van der Waals surface area (Å²) in [6, 6.07) is 5.53. The highest BCUT2D eigenvalue weighted by atomic mass is 16.1. The van der Waals surface area contributed by atoms with Crippen LogP contribution in [0.5, 0.6) is 0 Å². The van der Waals surface area contributed by atoms with E-state index >= 15 is 0 Å². The molecule has 2 rings (SSSR count). The van der Waals surface area contributed by atoms with E-state index in [9.17, 15) is 4.79 Å². The number of hydrogen-bond donors (Lipinski definition) is 2. The second-order valence-electron chi connectivity index (χ2n) is 4.72. The molecule has 0 radical (unpaired) electrons. The van der Waals surface area contributed by atoms with Crippen molar-refractivity contribution < 1.29 is 4.79 Å². The first-order valence-corrected chi connectivity index (χ1v) is 6.89. The van der Waals surface area contributed by atoms with Crippen LogP contribution < -0.4 is 10.6 Å². The molecule has 2 heterocycles. The monoisotopic (exact) mass is 285 g/mol. The van der Waals surface area contributed by atoms with Gasteiger partial charge in [-0.3, -0.25) is 9.78 Å². The summed E-state index contributed by atoms with van der Waals surface area (Å²) in [5, 5.41) is 6.09. The van der Waals surface area contributed by atoms with Crippen molar-refractivity contribution in [2.45, 2.75) is 20.3 Å². The molecule has 0 unspecified atom stereocenters. The first-order chi connectivity index (χ1) is 10.1. The number of anilines is 1. The van der Waals surface area contributed by atoms with Crippen LogP contribution in [0.3, 0.4) is 0 Å². The van der Waals surface area contributed by atoms with Crippen molar-refractivity contribution in [3.63, 3.8) is 0 Å². The maximum atomic E-state index is 12.0. The molecule has 110 valence electrons. The highest BCUT2D eigenvalue weighted by Crippen LogP contribution is 2.02. The molecule has 0 saturated carbocycles. The quantitative estimate of drug-likeness (QED) is 0.790. The molecule has 6 heteroatoms. The van der Waals surface area contributed by atoms with E-state index in [0.717, 1.165) is 24.3 Å². The Bertz CT molecular complexity index is 580. The Balaban J connectivity index is 1.72. The molecule has 2 aromatic heterocycles. The number of nitrogens with one attached hydrogen (secondary N) is 2. The molecule has 0 aliphatic rings. The molecule has 0 saturated heterocycles. The third-order valence-electron chi connectivity index (χ3n) is 2.83. The molecular weight excluding hydrogens is 266 g/mol. The smallest absolute Gasteiger partial charge is 0.270 e. The fraction of sp³-hybridized carbons (Fsp3) is 0.333. The molecule has 0 aliphatic heterocycles. The maximum absolute atomic E-state index is 12.0. The lowest BCUT2D eigenvalue weighted by molar-refractivity contribution is 0.0948. The van der Waals surface area contributed by atoms with Crippen LogP contribution >= 0.6 is 0 Å². The highest BCUT2D eigenvalue weighted by molar-refractivity contribution is 5.92. The second kappa shape index (κ2) is 7.33. The van der Waals surface area contributed by atoms with Gasteiger partial charge < -0.3 is 10.6 Å². The van der Waals surface area contributed by atoms with Crippen molar-refractivity contribution in [2.24, 2.45) is 0 Å². The van der Waals surface area contributed by atoms with Gasteiger partial charge in [0.25, 0.3) is 5.91 Å². The number of rotatable bonds is 6. The van der Waals surface area contributed by atoms with Crippen LogP contribution in [0.2, 0.25) is 0 Å². The third kappa shape index (κ3) is 4.83. The summed E-state index contributed by atoms with van der Waals surface area (Å²) < 4.78 is 0. The first kappa shape index (κ1) is 14.9. The summed E-state index contributed by atoms with van der Waals surface area (Å²) in [7, 11) is 0. The van der Waals surface area contributed by atoms with Gasteiger partial charge in [0.05, 0.1) is 5.69 Å². The normalized spacial score (nSPS) is 10.2. The summed E-state index contributed by atoms with van der Waals surface area (Å²) >= 11 is 0. The lowest BCUT2D eigenvalue weighted by atomic mass is 10.3. The van der Waals surface area contributed by atoms with Gasteiger partial charge in [-0.1, -0.05) is 0 Å². The number of carbonyl (C=O) groups excluding carboxylic acids is 1. The van der Waals surface area contributed by atoms with Crippen molar-refractivity contribution in [1.29, 1.82) is 0 Å². The minimum absolute atomic E-state index is 0.162. The topological polar surface area (TPSA) is 79.8 Å². The van der Waals surface area contributed by atoms with E-state index in [1.807, 2.05) is 19.1 Å².